The number of hydrogen-bond donors (Lipinski definition) is 0. The van der Waals surface area contributed by atoms with Gasteiger partial charge in [0.2, 0.25) is 0 Å². The fourth-order valence-corrected chi connectivity index (χ4v) is 5.84. The van der Waals surface area contributed by atoms with Gasteiger partial charge in [-0.2, -0.15) is 0 Å². The summed E-state index contributed by atoms with van der Waals surface area (Å²) in [6.07, 6.45) is -0.675. The Morgan fingerprint density at radius 1 is 0.547 bits per heavy atom. The van der Waals surface area contributed by atoms with E-state index in [1.165, 1.54) is 71.0 Å². The van der Waals surface area contributed by atoms with E-state index in [4.69, 9.17) is 28.4 Å². The molecule has 0 N–H and O–H groups in total. The maximum atomic E-state index is 14.5. The second kappa shape index (κ2) is 16.1. The van der Waals surface area contributed by atoms with Crippen LogP contribution < -0.4 is 28.4 Å². The molecule has 272 valence electrons. The van der Waals surface area contributed by atoms with Gasteiger partial charge in [-0.25, -0.2) is 0 Å². The number of aryl methyl sites for hydroxylation is 1. The molecule has 4 aromatic rings. The molecule has 13 nitrogen and oxygen atoms in total. The molecule has 1 heterocycles. The predicted octanol–water partition coefficient (Wildman–Crippen LogP) is 6.23. The first-order valence-corrected chi connectivity index (χ1v) is 16.4. The van der Waals surface area contributed by atoms with Crippen molar-refractivity contribution in [3.63, 3.8) is 0 Å². The molecular formula is C40H34O13. The van der Waals surface area contributed by atoms with Crippen LogP contribution in [0, 0.1) is 0 Å². The molecule has 13 heteroatoms. The van der Waals surface area contributed by atoms with Gasteiger partial charge in [0.15, 0.2) is 11.6 Å². The Kier molecular flexibility index (Phi) is 11.5. The van der Waals surface area contributed by atoms with Crippen LogP contribution in [0.4, 0.5) is 0 Å². The summed E-state index contributed by atoms with van der Waals surface area (Å²) in [6, 6.07) is 19.9. The molecule has 0 saturated heterocycles. The highest BCUT2D eigenvalue weighted by Crippen LogP contribution is 2.49. The van der Waals surface area contributed by atoms with Crippen LogP contribution in [0.5, 0.6) is 34.5 Å². The van der Waals surface area contributed by atoms with Crippen LogP contribution in [0.3, 0.4) is 0 Å². The minimum absolute atomic E-state index is 0.0192. The Labute approximate surface area is 303 Å². The molecule has 0 radical (unpaired) electrons. The summed E-state index contributed by atoms with van der Waals surface area (Å²) in [5.74, 6) is -4.20. The summed E-state index contributed by atoms with van der Waals surface area (Å²) >= 11 is 0. The van der Waals surface area contributed by atoms with Crippen molar-refractivity contribution < 1.29 is 62.0 Å². The van der Waals surface area contributed by atoms with Crippen LogP contribution in [0.15, 0.2) is 78.9 Å². The summed E-state index contributed by atoms with van der Waals surface area (Å²) in [7, 11) is 0. The van der Waals surface area contributed by atoms with E-state index < -0.39 is 47.7 Å². The molecule has 0 saturated carbocycles. The molecule has 0 aliphatic carbocycles. The van der Waals surface area contributed by atoms with Gasteiger partial charge in [-0.1, -0.05) is 24.3 Å². The van der Waals surface area contributed by atoms with Crippen LogP contribution in [-0.2, 0) is 30.4 Å². The number of benzene rings is 4. The SMILES string of the molecule is CC(=O)Oc1ccc([C@H]2Oc3ccc(CCC(=O)c4ccc(OC(C)=O)cc4OC(C)=O)cc3[C@@H]2C(=O)c2ccc(OC(C)=O)cc2OC(C)=O)cc1. The standard InChI is InChI=1S/C40H34O13/c1-21(41)48-28-10-8-27(9-11-28)40-38(39(47)32-15-13-30(50-23(3)43)20-37(32)52-25(5)45)33-18-26(7-17-35(33)53-40)6-16-34(46)31-14-12-29(49-22(2)42)19-36(31)51-24(4)44/h7-15,17-20,38,40H,6,16H2,1-5H3/t38-,40-/m1/s1. The fraction of sp³-hybridized carbons (Fsp3) is 0.225. The summed E-state index contributed by atoms with van der Waals surface area (Å²) in [5, 5.41) is 0. The van der Waals surface area contributed by atoms with Gasteiger partial charge in [0.1, 0.15) is 40.6 Å². The number of ketones is 2. The topological polar surface area (TPSA) is 175 Å². The lowest BCUT2D eigenvalue weighted by atomic mass is 9.83. The lowest BCUT2D eigenvalue weighted by molar-refractivity contribution is -0.133. The maximum Gasteiger partial charge on any atom is 0.308 e. The van der Waals surface area contributed by atoms with Crippen molar-refractivity contribution in [1.82, 2.24) is 0 Å². The second-order valence-electron chi connectivity index (χ2n) is 12.0. The summed E-state index contributed by atoms with van der Waals surface area (Å²) in [5.41, 5.74) is 1.89. The normalized spacial score (nSPS) is 14.2. The highest BCUT2D eigenvalue weighted by Gasteiger charge is 2.42. The van der Waals surface area contributed by atoms with E-state index in [2.05, 4.69) is 0 Å². The van der Waals surface area contributed by atoms with Crippen LogP contribution >= 0.6 is 0 Å². The first-order chi connectivity index (χ1) is 25.2. The van der Waals surface area contributed by atoms with Gasteiger partial charge >= 0.3 is 29.8 Å². The number of fused-ring (bicyclic) bond motifs is 1. The summed E-state index contributed by atoms with van der Waals surface area (Å²) < 4.78 is 32.4. The fourth-order valence-electron chi connectivity index (χ4n) is 5.84. The number of carbonyl (C=O) groups excluding carboxylic acids is 7. The Morgan fingerprint density at radius 3 is 1.58 bits per heavy atom. The third-order valence-corrected chi connectivity index (χ3v) is 7.86. The number of esters is 5. The molecule has 4 aromatic carbocycles. The number of Topliss-reactive ketones (excluding diaryl/α,β-unsaturated/α-hetero) is 2. The van der Waals surface area contributed by atoms with Crippen molar-refractivity contribution in [3.05, 3.63) is 107 Å². The van der Waals surface area contributed by atoms with E-state index in [1.54, 1.807) is 42.5 Å². The molecule has 2 atom stereocenters. The van der Waals surface area contributed by atoms with Crippen molar-refractivity contribution in [1.29, 1.82) is 0 Å². The third-order valence-electron chi connectivity index (χ3n) is 7.86. The number of hydrogen-bond acceptors (Lipinski definition) is 13. The number of rotatable bonds is 12. The molecule has 0 aromatic heterocycles. The van der Waals surface area contributed by atoms with Crippen LogP contribution in [-0.4, -0.2) is 41.4 Å². The number of carbonyl (C=O) groups is 7. The Bertz CT molecular complexity index is 2130. The van der Waals surface area contributed by atoms with E-state index in [-0.39, 0.29) is 52.7 Å². The molecule has 5 rings (SSSR count). The Morgan fingerprint density at radius 2 is 1.04 bits per heavy atom. The Hall–Kier alpha value is -6.63. The van der Waals surface area contributed by atoms with Gasteiger partial charge < -0.3 is 28.4 Å². The lowest BCUT2D eigenvalue weighted by Gasteiger charge is -2.20. The number of ether oxygens (including phenoxy) is 6. The quantitative estimate of drug-likeness (QED) is 0.0915. The molecule has 0 fully saturated rings. The van der Waals surface area contributed by atoms with Gasteiger partial charge in [-0.05, 0) is 60.0 Å². The van der Waals surface area contributed by atoms with E-state index in [1.807, 2.05) is 0 Å². The zero-order chi connectivity index (χ0) is 38.4. The molecule has 1 aliphatic rings. The average Bonchev–Trinajstić information content (AvgIpc) is 3.45. The minimum atomic E-state index is -0.987. The van der Waals surface area contributed by atoms with Crippen molar-refractivity contribution in [2.24, 2.45) is 0 Å². The van der Waals surface area contributed by atoms with Crippen molar-refractivity contribution >= 4 is 41.4 Å². The molecule has 0 bridgehead atoms. The molecule has 53 heavy (non-hydrogen) atoms. The Balaban J connectivity index is 1.49. The average molecular weight is 723 g/mol. The van der Waals surface area contributed by atoms with E-state index in [0.717, 1.165) is 0 Å². The zero-order valence-corrected chi connectivity index (χ0v) is 29.4. The highest BCUT2D eigenvalue weighted by atomic mass is 16.6. The molecular weight excluding hydrogens is 688 g/mol. The monoisotopic (exact) mass is 722 g/mol. The zero-order valence-electron chi connectivity index (χ0n) is 29.4. The molecule has 0 amide bonds. The highest BCUT2D eigenvalue weighted by molar-refractivity contribution is 6.05. The van der Waals surface area contributed by atoms with Crippen LogP contribution in [0.1, 0.15) is 90.5 Å². The van der Waals surface area contributed by atoms with Crippen molar-refractivity contribution in [2.75, 3.05) is 0 Å². The van der Waals surface area contributed by atoms with Gasteiger partial charge in [0, 0.05) is 58.7 Å². The molecule has 1 aliphatic heterocycles. The predicted molar refractivity (Wildman–Crippen MR) is 185 cm³/mol. The van der Waals surface area contributed by atoms with Gasteiger partial charge in [0.05, 0.1) is 17.0 Å². The van der Waals surface area contributed by atoms with Crippen LogP contribution in [0.25, 0.3) is 0 Å². The second-order valence-corrected chi connectivity index (χ2v) is 12.0. The van der Waals surface area contributed by atoms with Crippen LogP contribution in [0.2, 0.25) is 0 Å². The van der Waals surface area contributed by atoms with Gasteiger partial charge in [0.25, 0.3) is 0 Å². The van der Waals surface area contributed by atoms with Crippen molar-refractivity contribution in [2.45, 2.75) is 59.5 Å². The van der Waals surface area contributed by atoms with Crippen molar-refractivity contribution in [3.8, 4) is 34.5 Å². The third kappa shape index (κ3) is 9.38. The first kappa shape index (κ1) is 37.6. The van der Waals surface area contributed by atoms with Gasteiger partial charge in [-0.15, -0.1) is 0 Å². The lowest BCUT2D eigenvalue weighted by Crippen LogP contribution is -2.20. The largest absolute Gasteiger partial charge is 0.484 e. The molecule has 0 unspecified atom stereocenters. The summed E-state index contributed by atoms with van der Waals surface area (Å²) in [6.45, 7) is 6.06. The van der Waals surface area contributed by atoms with E-state index >= 15 is 0 Å². The van der Waals surface area contributed by atoms with E-state index in [9.17, 15) is 33.6 Å². The van der Waals surface area contributed by atoms with E-state index in [0.29, 0.717) is 28.2 Å². The summed E-state index contributed by atoms with van der Waals surface area (Å²) in [4.78, 5) is 86.3. The van der Waals surface area contributed by atoms with Gasteiger partial charge in [-0.3, -0.25) is 33.6 Å². The first-order valence-electron chi connectivity index (χ1n) is 16.4. The smallest absolute Gasteiger partial charge is 0.308 e. The minimum Gasteiger partial charge on any atom is -0.484 e. The molecule has 0 spiro atoms. The maximum absolute atomic E-state index is 14.5.